The van der Waals surface area contributed by atoms with Crippen molar-refractivity contribution in [3.63, 3.8) is 0 Å². The van der Waals surface area contributed by atoms with E-state index in [0.717, 1.165) is 35.9 Å². The van der Waals surface area contributed by atoms with Crippen LogP contribution >= 0.6 is 0 Å². The number of pyridine rings is 1. The quantitative estimate of drug-likeness (QED) is 0.805. The van der Waals surface area contributed by atoms with Gasteiger partial charge in [0.05, 0.1) is 0 Å². The van der Waals surface area contributed by atoms with Crippen molar-refractivity contribution in [2.45, 2.75) is 31.7 Å². The van der Waals surface area contributed by atoms with Crippen molar-refractivity contribution in [1.29, 1.82) is 0 Å². The molecular weight excluding hydrogens is 334 g/mol. The zero-order valence-corrected chi connectivity index (χ0v) is 14.6. The van der Waals surface area contributed by atoms with Crippen LogP contribution in [0.4, 0.5) is 5.82 Å². The monoisotopic (exact) mass is 355 g/mol. The van der Waals surface area contributed by atoms with E-state index in [1.807, 2.05) is 11.0 Å². The zero-order chi connectivity index (χ0) is 18.3. The van der Waals surface area contributed by atoms with Crippen LogP contribution in [0.15, 0.2) is 27.8 Å². The molecule has 2 N–H and O–H groups in total. The second-order valence-corrected chi connectivity index (χ2v) is 6.92. The molecule has 26 heavy (non-hydrogen) atoms. The summed E-state index contributed by atoms with van der Waals surface area (Å²) in [4.78, 5) is 45.1. The molecule has 0 unspecified atom stereocenters. The molecule has 8 heteroatoms. The number of aromatic nitrogens is 3. The van der Waals surface area contributed by atoms with Gasteiger partial charge in [0.2, 0.25) is 0 Å². The Bertz CT molecular complexity index is 946. The van der Waals surface area contributed by atoms with Gasteiger partial charge < -0.3 is 10.2 Å². The number of carbonyl (C=O) groups is 1. The number of hydrogen-bond acceptors (Lipinski definition) is 5. The lowest BCUT2D eigenvalue weighted by Gasteiger charge is -2.18. The summed E-state index contributed by atoms with van der Waals surface area (Å²) >= 11 is 0. The fraction of sp³-hybridized carbons (Fsp3) is 0.444. The third-order valence-electron chi connectivity index (χ3n) is 5.16. The van der Waals surface area contributed by atoms with E-state index in [0.29, 0.717) is 24.6 Å². The van der Waals surface area contributed by atoms with Crippen molar-refractivity contribution in [2.24, 2.45) is 7.05 Å². The summed E-state index contributed by atoms with van der Waals surface area (Å²) in [6.07, 6.45) is 3.81. The third-order valence-corrected chi connectivity index (χ3v) is 5.16. The van der Waals surface area contributed by atoms with Crippen LogP contribution < -0.4 is 21.5 Å². The molecule has 1 aliphatic carbocycles. The standard InChI is InChI=1S/C18H21N5O3/c1-22-16(24)9-15(21-18(22)26)23-8-7-12(10-23)19-17(25)14-6-5-11-3-2-4-13(11)20-14/h5-6,9,12H,2-4,7-8,10H2,1H3,(H,19,25)(H,21,26)/t12-/m0/s1. The molecule has 1 aliphatic heterocycles. The number of rotatable bonds is 3. The second-order valence-electron chi connectivity index (χ2n) is 6.92. The molecule has 0 spiro atoms. The van der Waals surface area contributed by atoms with Crippen LogP contribution in [-0.4, -0.2) is 39.6 Å². The van der Waals surface area contributed by atoms with Gasteiger partial charge in [0.25, 0.3) is 11.5 Å². The maximum absolute atomic E-state index is 12.5. The maximum atomic E-state index is 12.5. The fourth-order valence-electron chi connectivity index (χ4n) is 3.62. The number of H-pyrrole nitrogens is 1. The SMILES string of the molecule is Cn1c(=O)cc(N2CC[C@H](NC(=O)c3ccc4c(n3)CCC4)C2)[nH]c1=O. The summed E-state index contributed by atoms with van der Waals surface area (Å²) in [5.41, 5.74) is 1.93. The van der Waals surface area contributed by atoms with E-state index in [-0.39, 0.29) is 17.5 Å². The molecule has 1 atom stereocenters. The van der Waals surface area contributed by atoms with Gasteiger partial charge >= 0.3 is 5.69 Å². The molecular formula is C18H21N5O3. The molecule has 2 aromatic heterocycles. The maximum Gasteiger partial charge on any atom is 0.329 e. The second kappa shape index (κ2) is 6.44. The predicted octanol–water partition coefficient (Wildman–Crippen LogP) is -0.0340. The number of nitrogens with one attached hydrogen (secondary N) is 2. The average molecular weight is 355 g/mol. The molecule has 3 heterocycles. The topological polar surface area (TPSA) is 100 Å². The third kappa shape index (κ3) is 3.02. The smallest absolute Gasteiger partial charge is 0.329 e. The Morgan fingerprint density at radius 3 is 2.96 bits per heavy atom. The number of amides is 1. The Morgan fingerprint density at radius 1 is 1.31 bits per heavy atom. The lowest BCUT2D eigenvalue weighted by Crippen LogP contribution is -2.39. The molecule has 2 aliphatic rings. The van der Waals surface area contributed by atoms with Crippen molar-refractivity contribution in [3.05, 3.63) is 56.0 Å². The van der Waals surface area contributed by atoms with Gasteiger partial charge in [-0.3, -0.25) is 19.1 Å². The van der Waals surface area contributed by atoms with E-state index in [1.165, 1.54) is 18.7 Å². The lowest BCUT2D eigenvalue weighted by atomic mass is 10.2. The highest BCUT2D eigenvalue weighted by molar-refractivity contribution is 5.92. The van der Waals surface area contributed by atoms with Crippen LogP contribution in [0.3, 0.4) is 0 Å². The minimum atomic E-state index is -0.442. The molecule has 136 valence electrons. The van der Waals surface area contributed by atoms with Gasteiger partial charge in [0.1, 0.15) is 11.5 Å². The summed E-state index contributed by atoms with van der Waals surface area (Å²) in [6, 6.07) is 5.14. The Balaban J connectivity index is 1.44. The van der Waals surface area contributed by atoms with Gasteiger partial charge in [-0.1, -0.05) is 6.07 Å². The van der Waals surface area contributed by atoms with E-state index in [2.05, 4.69) is 15.3 Å². The van der Waals surface area contributed by atoms with Crippen LogP contribution in [0.5, 0.6) is 0 Å². The predicted molar refractivity (Wildman–Crippen MR) is 96.6 cm³/mol. The first-order valence-corrected chi connectivity index (χ1v) is 8.86. The van der Waals surface area contributed by atoms with Gasteiger partial charge in [0, 0.05) is 37.9 Å². The molecule has 8 nitrogen and oxygen atoms in total. The molecule has 1 saturated heterocycles. The average Bonchev–Trinajstić information content (AvgIpc) is 3.27. The minimum absolute atomic E-state index is 0.0508. The van der Waals surface area contributed by atoms with Crippen LogP contribution in [0.25, 0.3) is 0 Å². The van der Waals surface area contributed by atoms with Gasteiger partial charge in [-0.15, -0.1) is 0 Å². The molecule has 0 saturated carbocycles. The number of hydrogen-bond donors (Lipinski definition) is 2. The van der Waals surface area contributed by atoms with E-state index in [4.69, 9.17) is 0 Å². The molecule has 1 fully saturated rings. The van der Waals surface area contributed by atoms with E-state index in [9.17, 15) is 14.4 Å². The van der Waals surface area contributed by atoms with Crippen LogP contribution in [-0.2, 0) is 19.9 Å². The molecule has 0 radical (unpaired) electrons. The van der Waals surface area contributed by atoms with Crippen LogP contribution in [0.2, 0.25) is 0 Å². The summed E-state index contributed by atoms with van der Waals surface area (Å²) < 4.78 is 1.03. The minimum Gasteiger partial charge on any atom is -0.356 e. The number of aromatic amines is 1. The lowest BCUT2D eigenvalue weighted by molar-refractivity contribution is 0.0935. The van der Waals surface area contributed by atoms with E-state index in [1.54, 1.807) is 6.07 Å². The molecule has 2 aromatic rings. The fourth-order valence-corrected chi connectivity index (χ4v) is 3.62. The highest BCUT2D eigenvalue weighted by Gasteiger charge is 2.26. The number of nitrogens with zero attached hydrogens (tertiary/aromatic N) is 3. The first kappa shape index (κ1) is 16.6. The van der Waals surface area contributed by atoms with Crippen molar-refractivity contribution in [3.8, 4) is 0 Å². The number of anilines is 1. The van der Waals surface area contributed by atoms with E-state index >= 15 is 0 Å². The summed E-state index contributed by atoms with van der Waals surface area (Å²) in [7, 11) is 1.43. The summed E-state index contributed by atoms with van der Waals surface area (Å²) in [5, 5.41) is 3.01. The largest absolute Gasteiger partial charge is 0.356 e. The van der Waals surface area contributed by atoms with Crippen LogP contribution in [0, 0.1) is 0 Å². The van der Waals surface area contributed by atoms with Crippen molar-refractivity contribution >= 4 is 11.7 Å². The molecule has 1 amide bonds. The van der Waals surface area contributed by atoms with Crippen molar-refractivity contribution in [2.75, 3.05) is 18.0 Å². The normalized spacial score (nSPS) is 18.8. The number of carbonyl (C=O) groups excluding carboxylic acids is 1. The highest BCUT2D eigenvalue weighted by atomic mass is 16.2. The summed E-state index contributed by atoms with van der Waals surface area (Å²) in [6.45, 7) is 1.20. The first-order chi connectivity index (χ1) is 12.5. The Hall–Kier alpha value is -2.90. The Morgan fingerprint density at radius 2 is 2.15 bits per heavy atom. The first-order valence-electron chi connectivity index (χ1n) is 8.86. The molecule has 0 bridgehead atoms. The molecule has 4 rings (SSSR count). The molecule has 0 aromatic carbocycles. The highest BCUT2D eigenvalue weighted by Crippen LogP contribution is 2.20. The number of aryl methyl sites for hydroxylation is 2. The van der Waals surface area contributed by atoms with Crippen molar-refractivity contribution in [1.82, 2.24) is 19.9 Å². The van der Waals surface area contributed by atoms with Crippen molar-refractivity contribution < 1.29 is 4.79 Å². The number of fused-ring (bicyclic) bond motifs is 1. The van der Waals surface area contributed by atoms with Gasteiger partial charge in [-0.25, -0.2) is 9.78 Å². The van der Waals surface area contributed by atoms with Gasteiger partial charge in [-0.2, -0.15) is 0 Å². The van der Waals surface area contributed by atoms with Crippen LogP contribution in [0.1, 0.15) is 34.6 Å². The summed E-state index contributed by atoms with van der Waals surface area (Å²) in [5.74, 6) is 0.314. The Labute approximate surface area is 149 Å². The zero-order valence-electron chi connectivity index (χ0n) is 14.6. The Kier molecular flexibility index (Phi) is 4.10. The van der Waals surface area contributed by atoms with Gasteiger partial charge in [-0.05, 0) is 37.3 Å². The van der Waals surface area contributed by atoms with E-state index < -0.39 is 5.69 Å². The van der Waals surface area contributed by atoms with Gasteiger partial charge in [0.15, 0.2) is 0 Å².